The van der Waals surface area contributed by atoms with Crippen LogP contribution in [0.2, 0.25) is 0 Å². The van der Waals surface area contributed by atoms with Crippen molar-refractivity contribution in [1.82, 2.24) is 9.88 Å². The van der Waals surface area contributed by atoms with Gasteiger partial charge in [0.05, 0.1) is 20.9 Å². The van der Waals surface area contributed by atoms with E-state index in [9.17, 15) is 22.0 Å². The lowest BCUT2D eigenvalue weighted by Gasteiger charge is -2.21. The van der Waals surface area contributed by atoms with Crippen molar-refractivity contribution in [2.75, 3.05) is 37.8 Å². The number of sulfone groups is 1. The van der Waals surface area contributed by atoms with E-state index in [-0.39, 0.29) is 29.6 Å². The lowest BCUT2D eigenvalue weighted by Crippen LogP contribution is -2.34. The molecule has 0 saturated carbocycles. The van der Waals surface area contributed by atoms with Crippen LogP contribution in [0.1, 0.15) is 12.8 Å². The maximum absolute atomic E-state index is 13.5. The van der Waals surface area contributed by atoms with Crippen LogP contribution in [0.15, 0.2) is 47.4 Å². The van der Waals surface area contributed by atoms with Crippen molar-refractivity contribution < 1.29 is 22.0 Å². The van der Waals surface area contributed by atoms with Crippen LogP contribution in [-0.4, -0.2) is 57.1 Å². The molecule has 32 heavy (non-hydrogen) atoms. The first-order chi connectivity index (χ1) is 14.7. The summed E-state index contributed by atoms with van der Waals surface area (Å²) in [5, 5.41) is 0.406. The highest BCUT2D eigenvalue weighted by molar-refractivity contribution is 7.91. The molecule has 0 aliphatic carbocycles. The van der Waals surface area contributed by atoms with Gasteiger partial charge in [0, 0.05) is 13.0 Å². The van der Waals surface area contributed by atoms with Gasteiger partial charge in [0.25, 0.3) is 0 Å². The number of hydrogen-bond acceptors (Lipinski definition) is 6. The Morgan fingerprint density at radius 1 is 1.03 bits per heavy atom. The Morgan fingerprint density at radius 2 is 1.69 bits per heavy atom. The molecule has 0 fully saturated rings. The number of amides is 1. The number of fused-ring (bicyclic) bond motifs is 1. The first-order valence-corrected chi connectivity index (χ1v) is 12.1. The van der Waals surface area contributed by atoms with E-state index >= 15 is 0 Å². The Bertz CT molecular complexity index is 1170. The number of halogens is 3. The van der Waals surface area contributed by atoms with Gasteiger partial charge in [-0.2, -0.15) is 0 Å². The Kier molecular flexibility index (Phi) is 9.08. The van der Waals surface area contributed by atoms with Crippen molar-refractivity contribution in [2.45, 2.75) is 17.7 Å². The molecular weight excluding hydrogens is 480 g/mol. The second kappa shape index (κ2) is 11.1. The lowest BCUT2D eigenvalue weighted by molar-refractivity contribution is -0.118. The van der Waals surface area contributed by atoms with Crippen LogP contribution in [-0.2, 0) is 14.6 Å². The van der Waals surface area contributed by atoms with Crippen LogP contribution in [0.25, 0.3) is 10.2 Å². The van der Waals surface area contributed by atoms with Crippen molar-refractivity contribution in [1.29, 1.82) is 0 Å². The molecule has 11 heteroatoms. The van der Waals surface area contributed by atoms with E-state index in [4.69, 9.17) is 0 Å². The summed E-state index contributed by atoms with van der Waals surface area (Å²) in [5.74, 6) is -1.71. The molecule has 6 nitrogen and oxygen atoms in total. The first-order valence-electron chi connectivity index (χ1n) is 9.65. The summed E-state index contributed by atoms with van der Waals surface area (Å²) in [6.07, 6.45) is 0.416. The van der Waals surface area contributed by atoms with Crippen LogP contribution >= 0.6 is 23.7 Å². The summed E-state index contributed by atoms with van der Waals surface area (Å²) >= 11 is 1.19. The zero-order chi connectivity index (χ0) is 22.6. The molecule has 3 rings (SSSR count). The minimum atomic E-state index is -3.74. The number of nitrogens with zero attached hydrogens (tertiary/aromatic N) is 3. The molecule has 0 radical (unpaired) electrons. The molecule has 0 spiro atoms. The zero-order valence-corrected chi connectivity index (χ0v) is 20.1. The third-order valence-corrected chi connectivity index (χ3v) is 7.39. The van der Waals surface area contributed by atoms with Crippen molar-refractivity contribution in [2.24, 2.45) is 0 Å². The van der Waals surface area contributed by atoms with E-state index in [1.165, 1.54) is 40.5 Å². The Labute approximate surface area is 196 Å². The smallest absolute Gasteiger partial charge is 0.229 e. The standard InChI is InChI=1S/C21H23F2N3O3S2.ClH/c1-25(2)11-3-12-26(21-24-18-9-6-16(23)14-19(18)30-21)20(27)10-13-31(28,29)17-7-4-15(22)5-8-17;/h4-9,14H,3,10-13H2,1-2H3;1H. The summed E-state index contributed by atoms with van der Waals surface area (Å²) in [4.78, 5) is 20.8. The number of carbonyl (C=O) groups excluding carboxylic acids is 1. The normalized spacial score (nSPS) is 11.5. The van der Waals surface area contributed by atoms with E-state index in [0.717, 1.165) is 18.7 Å². The lowest BCUT2D eigenvalue weighted by atomic mass is 10.3. The van der Waals surface area contributed by atoms with Gasteiger partial charge >= 0.3 is 0 Å². The van der Waals surface area contributed by atoms with Gasteiger partial charge in [-0.25, -0.2) is 22.2 Å². The average Bonchev–Trinajstić information content (AvgIpc) is 3.12. The van der Waals surface area contributed by atoms with E-state index in [0.29, 0.717) is 28.3 Å². The molecule has 1 heterocycles. The third kappa shape index (κ3) is 6.68. The van der Waals surface area contributed by atoms with Crippen LogP contribution in [0.3, 0.4) is 0 Å². The molecule has 1 amide bonds. The summed E-state index contributed by atoms with van der Waals surface area (Å²) < 4.78 is 52.3. The highest BCUT2D eigenvalue weighted by atomic mass is 35.5. The fraction of sp³-hybridized carbons (Fsp3) is 0.333. The monoisotopic (exact) mass is 503 g/mol. The molecular formula is C21H24ClF2N3O3S2. The first kappa shape index (κ1) is 26.1. The predicted octanol–water partition coefficient (Wildman–Crippen LogP) is 4.15. The molecule has 2 aromatic carbocycles. The van der Waals surface area contributed by atoms with E-state index in [2.05, 4.69) is 4.98 Å². The number of aromatic nitrogens is 1. The molecule has 0 aliphatic rings. The Balaban J connectivity index is 0.00000363. The number of anilines is 1. The summed E-state index contributed by atoms with van der Waals surface area (Å²) in [6, 6.07) is 8.73. The number of carbonyl (C=O) groups is 1. The van der Waals surface area contributed by atoms with Gasteiger partial charge in [-0.1, -0.05) is 11.3 Å². The average molecular weight is 504 g/mol. The summed E-state index contributed by atoms with van der Waals surface area (Å²) in [5.41, 5.74) is 0.575. The highest BCUT2D eigenvalue weighted by Gasteiger charge is 2.23. The molecule has 3 aromatic rings. The maximum Gasteiger partial charge on any atom is 0.229 e. The Morgan fingerprint density at radius 3 is 2.34 bits per heavy atom. The second-order valence-electron chi connectivity index (χ2n) is 7.33. The predicted molar refractivity (Wildman–Crippen MR) is 125 cm³/mol. The molecule has 0 N–H and O–H groups in total. The third-order valence-electron chi connectivity index (χ3n) is 4.62. The molecule has 0 atom stereocenters. The number of rotatable bonds is 9. The van der Waals surface area contributed by atoms with Crippen LogP contribution in [0.5, 0.6) is 0 Å². The van der Waals surface area contributed by atoms with Gasteiger partial charge in [0.2, 0.25) is 5.91 Å². The number of benzene rings is 2. The van der Waals surface area contributed by atoms with Crippen LogP contribution in [0, 0.1) is 11.6 Å². The van der Waals surface area contributed by atoms with Gasteiger partial charge in [-0.05, 0) is 69.5 Å². The van der Waals surface area contributed by atoms with Gasteiger partial charge in [0.1, 0.15) is 11.6 Å². The quantitative estimate of drug-likeness (QED) is 0.410. The van der Waals surface area contributed by atoms with Crippen molar-refractivity contribution in [3.8, 4) is 0 Å². The molecule has 0 unspecified atom stereocenters. The van der Waals surface area contributed by atoms with Crippen molar-refractivity contribution in [3.05, 3.63) is 54.1 Å². The minimum absolute atomic E-state index is 0. The van der Waals surface area contributed by atoms with E-state index in [1.54, 1.807) is 6.07 Å². The summed E-state index contributed by atoms with van der Waals surface area (Å²) in [6.45, 7) is 1.09. The van der Waals surface area contributed by atoms with E-state index in [1.807, 2.05) is 19.0 Å². The second-order valence-corrected chi connectivity index (χ2v) is 10.5. The fourth-order valence-electron chi connectivity index (χ4n) is 2.99. The highest BCUT2D eigenvalue weighted by Crippen LogP contribution is 2.30. The maximum atomic E-state index is 13.5. The van der Waals surface area contributed by atoms with Gasteiger partial charge in [-0.15, -0.1) is 12.4 Å². The summed E-state index contributed by atoms with van der Waals surface area (Å²) in [7, 11) is 0.0961. The molecule has 0 aliphatic heterocycles. The van der Waals surface area contributed by atoms with Crippen LogP contribution < -0.4 is 4.90 Å². The Hall–Kier alpha value is -2.14. The molecule has 174 valence electrons. The van der Waals surface area contributed by atoms with Crippen molar-refractivity contribution in [3.63, 3.8) is 0 Å². The topological polar surface area (TPSA) is 70.6 Å². The number of thiazole rings is 1. The fourth-order valence-corrected chi connectivity index (χ4v) is 5.25. The van der Waals surface area contributed by atoms with Gasteiger partial charge in [-0.3, -0.25) is 9.69 Å². The van der Waals surface area contributed by atoms with Crippen molar-refractivity contribution >= 4 is 54.8 Å². The molecule has 0 bridgehead atoms. The zero-order valence-electron chi connectivity index (χ0n) is 17.6. The molecule has 0 saturated heterocycles. The minimum Gasteiger partial charge on any atom is -0.309 e. The molecule has 1 aromatic heterocycles. The largest absolute Gasteiger partial charge is 0.309 e. The number of hydrogen-bond donors (Lipinski definition) is 0. The van der Waals surface area contributed by atoms with Crippen LogP contribution in [0.4, 0.5) is 13.9 Å². The van der Waals surface area contributed by atoms with E-state index < -0.39 is 27.2 Å². The van der Waals surface area contributed by atoms with Gasteiger partial charge < -0.3 is 4.90 Å². The van der Waals surface area contributed by atoms with Gasteiger partial charge in [0.15, 0.2) is 15.0 Å². The SMILES string of the molecule is CN(C)CCCN(C(=O)CCS(=O)(=O)c1ccc(F)cc1)c1nc2ccc(F)cc2s1.Cl.